The minimum Gasteiger partial charge on any atom is -0.354 e. The van der Waals surface area contributed by atoms with Crippen molar-refractivity contribution in [3.63, 3.8) is 0 Å². The van der Waals surface area contributed by atoms with Crippen molar-refractivity contribution >= 4 is 17.8 Å². The summed E-state index contributed by atoms with van der Waals surface area (Å²) in [7, 11) is 3.72. The first-order valence-electron chi connectivity index (χ1n) is 15.9. The smallest absolute Gasteiger partial charge is 0.323 e. The third-order valence-electron chi connectivity index (χ3n) is 7.93. The number of hydrogen-bond acceptors (Lipinski definition) is 8. The lowest BCUT2D eigenvalue weighted by Crippen LogP contribution is -2.46. The van der Waals surface area contributed by atoms with Crippen molar-refractivity contribution in [3.8, 4) is 28.6 Å². The molecule has 2 N–H and O–H groups in total. The number of hydrogen-bond donors (Lipinski definition) is 2. The second kappa shape index (κ2) is 15.6. The average molecular weight is 632 g/mol. The lowest BCUT2D eigenvalue weighted by molar-refractivity contribution is 0.242. The summed E-state index contributed by atoms with van der Waals surface area (Å²) in [4.78, 5) is 29.4. The number of nitrogens with one attached hydrogen (secondary N) is 2. The van der Waals surface area contributed by atoms with Crippen molar-refractivity contribution in [1.82, 2.24) is 39.8 Å². The van der Waals surface area contributed by atoms with E-state index in [2.05, 4.69) is 43.8 Å². The Labute approximate surface area is 275 Å². The van der Waals surface area contributed by atoms with Gasteiger partial charge in [-0.1, -0.05) is 43.7 Å². The number of rotatable bonds is 14. The van der Waals surface area contributed by atoms with Crippen LogP contribution in [0.3, 0.4) is 0 Å². The highest BCUT2D eigenvalue weighted by Gasteiger charge is 2.26. The summed E-state index contributed by atoms with van der Waals surface area (Å²) in [5, 5.41) is 24.7. The second-order valence-electron chi connectivity index (χ2n) is 11.5. The van der Waals surface area contributed by atoms with Crippen LogP contribution < -0.4 is 15.5 Å². The van der Waals surface area contributed by atoms with Gasteiger partial charge in [0, 0.05) is 56.7 Å². The summed E-state index contributed by atoms with van der Waals surface area (Å²) in [6.07, 6.45) is 11.4. The molecule has 4 heterocycles. The first kappa shape index (κ1) is 32.8. The summed E-state index contributed by atoms with van der Waals surface area (Å²) in [5.41, 5.74) is 5.51. The lowest BCUT2D eigenvalue weighted by Gasteiger charge is -2.31. The molecule has 0 aliphatic carbocycles. The number of carbonyl (C=O) groups is 1. The monoisotopic (exact) mass is 631 g/mol. The minimum atomic E-state index is -0.170. The Morgan fingerprint density at radius 1 is 1.02 bits per heavy atom. The molecular formula is C35H41N11O. The molecule has 0 aliphatic heterocycles. The van der Waals surface area contributed by atoms with Crippen LogP contribution in [0, 0.1) is 18.3 Å². The number of nitriles is 1. The number of anilines is 2. The molecule has 0 saturated heterocycles. The third kappa shape index (κ3) is 8.38. The summed E-state index contributed by atoms with van der Waals surface area (Å²) >= 11 is 0. The van der Waals surface area contributed by atoms with Crippen LogP contribution in [-0.4, -0.2) is 53.1 Å². The molecule has 1 atom stereocenters. The fourth-order valence-electron chi connectivity index (χ4n) is 5.60. The van der Waals surface area contributed by atoms with Crippen LogP contribution in [0.15, 0.2) is 73.3 Å². The number of aryl methyl sites for hydroxylation is 3. The van der Waals surface area contributed by atoms with Crippen LogP contribution in [0.4, 0.5) is 16.6 Å². The van der Waals surface area contributed by atoms with E-state index in [-0.39, 0.29) is 12.1 Å². The molecule has 12 heteroatoms. The number of amides is 2. The molecule has 0 aliphatic rings. The van der Waals surface area contributed by atoms with E-state index >= 15 is 0 Å². The van der Waals surface area contributed by atoms with Gasteiger partial charge < -0.3 is 10.6 Å². The molecule has 242 valence electrons. The van der Waals surface area contributed by atoms with Gasteiger partial charge >= 0.3 is 6.03 Å². The van der Waals surface area contributed by atoms with Crippen LogP contribution in [0.25, 0.3) is 22.5 Å². The molecule has 4 aromatic heterocycles. The molecule has 5 rings (SSSR count). The largest absolute Gasteiger partial charge is 0.354 e. The predicted molar refractivity (Wildman–Crippen MR) is 182 cm³/mol. The Bertz CT molecular complexity index is 1810. The molecule has 1 aromatic carbocycles. The molecule has 0 bridgehead atoms. The van der Waals surface area contributed by atoms with Crippen LogP contribution >= 0.6 is 0 Å². The lowest BCUT2D eigenvalue weighted by atomic mass is 10.0. The molecule has 47 heavy (non-hydrogen) atoms. The number of pyridine rings is 1. The molecule has 12 nitrogen and oxygen atoms in total. The summed E-state index contributed by atoms with van der Waals surface area (Å²) < 4.78 is 3.48. The topological polar surface area (TPSA) is 142 Å². The molecule has 0 spiro atoms. The molecular weight excluding hydrogens is 590 g/mol. The Morgan fingerprint density at radius 3 is 2.51 bits per heavy atom. The van der Waals surface area contributed by atoms with Gasteiger partial charge in [0.15, 0.2) is 0 Å². The maximum atomic E-state index is 13.8. The number of benzene rings is 1. The third-order valence-corrected chi connectivity index (χ3v) is 7.93. The van der Waals surface area contributed by atoms with E-state index in [9.17, 15) is 10.1 Å². The van der Waals surface area contributed by atoms with Gasteiger partial charge in [0.1, 0.15) is 17.6 Å². The van der Waals surface area contributed by atoms with Gasteiger partial charge in [-0.25, -0.2) is 19.7 Å². The predicted octanol–water partition coefficient (Wildman–Crippen LogP) is 6.02. The van der Waals surface area contributed by atoms with E-state index in [1.165, 1.54) is 0 Å². The molecule has 0 saturated carbocycles. The SMILES string of the molecule is CCC[C@H](CCCCNc1ncc(C#N)c(-c2cc(C)nn2C)n1)N(C(=O)NCc1ccccc1)c1ccc(-c2cnn(C)c2)cn1. The van der Waals surface area contributed by atoms with Crippen LogP contribution in [-0.2, 0) is 20.6 Å². The Morgan fingerprint density at radius 2 is 1.85 bits per heavy atom. The molecule has 5 aromatic rings. The van der Waals surface area contributed by atoms with Gasteiger partial charge in [-0.3, -0.25) is 14.3 Å². The van der Waals surface area contributed by atoms with Crippen LogP contribution in [0.1, 0.15) is 55.8 Å². The van der Waals surface area contributed by atoms with Crippen LogP contribution in [0.5, 0.6) is 0 Å². The Hall–Kier alpha value is -5.57. The fourth-order valence-corrected chi connectivity index (χ4v) is 5.60. The highest BCUT2D eigenvalue weighted by molar-refractivity contribution is 5.91. The highest BCUT2D eigenvalue weighted by atomic mass is 16.2. The maximum absolute atomic E-state index is 13.8. The Balaban J connectivity index is 1.26. The number of aromatic nitrogens is 7. The summed E-state index contributed by atoms with van der Waals surface area (Å²) in [5.74, 6) is 1.08. The van der Waals surface area contributed by atoms with E-state index in [4.69, 9.17) is 4.98 Å². The van der Waals surface area contributed by atoms with E-state index < -0.39 is 0 Å². The molecule has 0 unspecified atom stereocenters. The van der Waals surface area contributed by atoms with E-state index in [0.29, 0.717) is 36.1 Å². The summed E-state index contributed by atoms with van der Waals surface area (Å²) in [6, 6.07) is 17.7. The number of carbonyl (C=O) groups excluding carboxylic acids is 1. The van der Waals surface area contributed by atoms with Gasteiger partial charge in [0.2, 0.25) is 5.95 Å². The van der Waals surface area contributed by atoms with E-state index in [0.717, 1.165) is 60.2 Å². The fraction of sp³-hybridized carbons (Fsp3) is 0.343. The zero-order valence-corrected chi connectivity index (χ0v) is 27.4. The highest BCUT2D eigenvalue weighted by Crippen LogP contribution is 2.26. The van der Waals surface area contributed by atoms with Gasteiger partial charge in [-0.05, 0) is 56.4 Å². The quantitative estimate of drug-likeness (QED) is 0.142. The van der Waals surface area contributed by atoms with Crippen molar-refractivity contribution in [2.45, 2.75) is 58.5 Å². The normalized spacial score (nSPS) is 11.6. The number of urea groups is 1. The molecule has 0 radical (unpaired) electrons. The second-order valence-corrected chi connectivity index (χ2v) is 11.5. The van der Waals surface area contributed by atoms with Gasteiger partial charge in [0.25, 0.3) is 0 Å². The maximum Gasteiger partial charge on any atom is 0.323 e. The van der Waals surface area contributed by atoms with Crippen LogP contribution in [0.2, 0.25) is 0 Å². The van der Waals surface area contributed by atoms with Crippen molar-refractivity contribution in [2.24, 2.45) is 14.1 Å². The number of nitrogens with zero attached hydrogens (tertiary/aromatic N) is 9. The van der Waals surface area contributed by atoms with E-state index in [1.54, 1.807) is 28.0 Å². The average Bonchev–Trinajstić information content (AvgIpc) is 3.67. The zero-order chi connectivity index (χ0) is 33.2. The van der Waals surface area contributed by atoms with Crippen molar-refractivity contribution in [3.05, 3.63) is 90.1 Å². The molecule has 2 amide bonds. The van der Waals surface area contributed by atoms with Crippen molar-refractivity contribution in [1.29, 1.82) is 5.26 Å². The standard InChI is InChI=1S/C35H41N11O/c1-5-11-30(14-9-10-17-37-34-39-22-28(19-36)33(42-34)31-18-25(2)43-45(31)4)46(35(47)40-20-26-12-7-6-8-13-26)32-16-15-27(21-38-32)29-23-41-44(3)24-29/h6-8,12-13,15-16,18,21-24,30H,5,9-11,14,17,20H2,1-4H3,(H,40,47)(H,37,39,42)/t30-/m1/s1. The van der Waals surface area contributed by atoms with Gasteiger partial charge in [-0.15, -0.1) is 0 Å². The minimum absolute atomic E-state index is 0.0432. The van der Waals surface area contributed by atoms with E-state index in [1.807, 2.05) is 80.6 Å². The first-order valence-corrected chi connectivity index (χ1v) is 15.9. The number of unbranched alkanes of at least 4 members (excludes halogenated alkanes) is 1. The van der Waals surface area contributed by atoms with Crippen molar-refractivity contribution < 1.29 is 4.79 Å². The summed E-state index contributed by atoms with van der Waals surface area (Å²) in [6.45, 7) is 5.12. The zero-order valence-electron chi connectivity index (χ0n) is 27.4. The van der Waals surface area contributed by atoms with Gasteiger partial charge in [0.05, 0.1) is 29.3 Å². The first-order chi connectivity index (χ1) is 22.9. The van der Waals surface area contributed by atoms with Crippen molar-refractivity contribution in [2.75, 3.05) is 16.8 Å². The Kier molecular flexibility index (Phi) is 10.9. The molecule has 0 fully saturated rings. The van der Waals surface area contributed by atoms with Gasteiger partial charge in [-0.2, -0.15) is 15.5 Å².